The third-order valence-corrected chi connectivity index (χ3v) is 3.27. The first-order valence-electron chi connectivity index (χ1n) is 6.50. The van der Waals surface area contributed by atoms with E-state index in [9.17, 15) is 4.39 Å². The first kappa shape index (κ1) is 13.7. The van der Waals surface area contributed by atoms with Gasteiger partial charge in [0.25, 0.3) is 0 Å². The highest BCUT2D eigenvalue weighted by atomic mass is 19.1. The Morgan fingerprint density at radius 2 is 2.05 bits per heavy atom. The van der Waals surface area contributed by atoms with Gasteiger partial charge in [0.15, 0.2) is 0 Å². The molecule has 1 aromatic carbocycles. The minimum Gasteiger partial charge on any atom is -0.310 e. The molecule has 0 atom stereocenters. The summed E-state index contributed by atoms with van der Waals surface area (Å²) in [4.78, 5) is 0. The van der Waals surface area contributed by atoms with Crippen molar-refractivity contribution in [2.75, 3.05) is 0 Å². The molecule has 1 aromatic heterocycles. The van der Waals surface area contributed by atoms with Crippen LogP contribution in [0, 0.1) is 12.7 Å². The lowest BCUT2D eigenvalue weighted by Gasteiger charge is -2.09. The van der Waals surface area contributed by atoms with Crippen LogP contribution in [-0.4, -0.2) is 15.8 Å². The molecule has 0 aliphatic carbocycles. The highest BCUT2D eigenvalue weighted by molar-refractivity contribution is 5.66. The number of benzene rings is 1. The van der Waals surface area contributed by atoms with Gasteiger partial charge in [-0.1, -0.05) is 26.0 Å². The maximum absolute atomic E-state index is 14.2. The molecule has 2 rings (SSSR count). The molecule has 0 unspecified atom stereocenters. The van der Waals surface area contributed by atoms with Gasteiger partial charge < -0.3 is 5.32 Å². The summed E-state index contributed by atoms with van der Waals surface area (Å²) < 4.78 is 15.9. The highest BCUT2D eigenvalue weighted by Gasteiger charge is 2.11. The van der Waals surface area contributed by atoms with Gasteiger partial charge in [0.2, 0.25) is 0 Å². The molecular weight excluding hydrogens is 241 g/mol. The lowest BCUT2D eigenvalue weighted by molar-refractivity contribution is 0.582. The zero-order chi connectivity index (χ0) is 14.0. The van der Waals surface area contributed by atoms with E-state index in [2.05, 4.69) is 24.3 Å². The molecule has 0 saturated carbocycles. The molecular formula is C15H20FN3. The molecule has 19 heavy (non-hydrogen) atoms. The van der Waals surface area contributed by atoms with Crippen LogP contribution in [-0.2, 0) is 13.6 Å². The second-order valence-corrected chi connectivity index (χ2v) is 5.12. The van der Waals surface area contributed by atoms with Crippen LogP contribution in [0.1, 0.15) is 25.1 Å². The summed E-state index contributed by atoms with van der Waals surface area (Å²) in [5.74, 6) is -0.195. The fourth-order valence-electron chi connectivity index (χ4n) is 1.97. The Labute approximate surface area is 113 Å². The summed E-state index contributed by atoms with van der Waals surface area (Å²) in [6, 6.07) is 5.77. The summed E-state index contributed by atoms with van der Waals surface area (Å²) in [7, 11) is 1.86. The minimum absolute atomic E-state index is 0.195. The van der Waals surface area contributed by atoms with Crippen LogP contribution in [0.5, 0.6) is 0 Å². The smallest absolute Gasteiger partial charge is 0.131 e. The molecule has 102 valence electrons. The number of halogens is 1. The van der Waals surface area contributed by atoms with Crippen molar-refractivity contribution in [3.63, 3.8) is 0 Å². The van der Waals surface area contributed by atoms with Crippen LogP contribution >= 0.6 is 0 Å². The molecule has 3 nitrogen and oxygen atoms in total. The van der Waals surface area contributed by atoms with Gasteiger partial charge in [-0.05, 0) is 18.6 Å². The molecule has 0 amide bonds. The van der Waals surface area contributed by atoms with Gasteiger partial charge in [0, 0.05) is 36.5 Å². The molecule has 0 bridgehead atoms. The third-order valence-electron chi connectivity index (χ3n) is 3.27. The van der Waals surface area contributed by atoms with Gasteiger partial charge in [0.1, 0.15) is 5.82 Å². The van der Waals surface area contributed by atoms with Crippen molar-refractivity contribution in [2.45, 2.75) is 33.4 Å². The fourth-order valence-corrected chi connectivity index (χ4v) is 1.97. The van der Waals surface area contributed by atoms with Crippen LogP contribution in [0.2, 0.25) is 0 Å². The molecule has 2 aromatic rings. The van der Waals surface area contributed by atoms with E-state index in [1.807, 2.05) is 26.1 Å². The Morgan fingerprint density at radius 1 is 1.32 bits per heavy atom. The summed E-state index contributed by atoms with van der Waals surface area (Å²) in [5.41, 5.74) is 3.38. The van der Waals surface area contributed by atoms with Crippen molar-refractivity contribution in [3.8, 4) is 11.1 Å². The number of nitrogens with zero attached hydrogens (tertiary/aromatic N) is 2. The van der Waals surface area contributed by atoms with E-state index >= 15 is 0 Å². The molecule has 0 aliphatic heterocycles. The zero-order valence-electron chi connectivity index (χ0n) is 11.9. The van der Waals surface area contributed by atoms with Crippen LogP contribution in [0.4, 0.5) is 4.39 Å². The second kappa shape index (κ2) is 5.53. The van der Waals surface area contributed by atoms with E-state index in [1.165, 1.54) is 0 Å². The molecule has 0 aliphatic rings. The highest BCUT2D eigenvalue weighted by Crippen LogP contribution is 2.26. The summed E-state index contributed by atoms with van der Waals surface area (Å²) >= 11 is 0. The molecule has 0 spiro atoms. The van der Waals surface area contributed by atoms with Gasteiger partial charge in [-0.2, -0.15) is 5.10 Å². The van der Waals surface area contributed by atoms with Crippen molar-refractivity contribution in [1.29, 1.82) is 0 Å². The quantitative estimate of drug-likeness (QED) is 0.916. The number of rotatable bonds is 4. The van der Waals surface area contributed by atoms with Crippen LogP contribution in [0.15, 0.2) is 24.4 Å². The van der Waals surface area contributed by atoms with Crippen molar-refractivity contribution in [3.05, 3.63) is 41.5 Å². The number of aryl methyl sites for hydroxylation is 1. The zero-order valence-corrected chi connectivity index (χ0v) is 11.9. The maximum atomic E-state index is 14.2. The normalized spacial score (nSPS) is 11.3. The standard InChI is InChI=1S/C15H20FN3/c1-10(2)17-8-12-5-6-13(15(16)7-12)14-9-18-19(4)11(14)3/h5-7,9-10,17H,8H2,1-4H3. The number of hydrogen-bond acceptors (Lipinski definition) is 2. The Morgan fingerprint density at radius 3 is 2.58 bits per heavy atom. The van der Waals surface area contributed by atoms with Crippen LogP contribution < -0.4 is 5.32 Å². The predicted molar refractivity (Wildman–Crippen MR) is 75.3 cm³/mol. The SMILES string of the molecule is Cc1c(-c2ccc(CNC(C)C)cc2F)cnn1C. The Kier molecular flexibility index (Phi) is 4.00. The first-order chi connectivity index (χ1) is 8.99. The minimum atomic E-state index is -0.195. The van der Waals surface area contributed by atoms with E-state index in [4.69, 9.17) is 0 Å². The Hall–Kier alpha value is -1.68. The van der Waals surface area contributed by atoms with Gasteiger partial charge >= 0.3 is 0 Å². The monoisotopic (exact) mass is 261 g/mol. The molecule has 0 fully saturated rings. The lowest BCUT2D eigenvalue weighted by atomic mass is 10.0. The third kappa shape index (κ3) is 3.01. The predicted octanol–water partition coefficient (Wildman–Crippen LogP) is 3.03. The first-order valence-corrected chi connectivity index (χ1v) is 6.50. The van der Waals surface area contributed by atoms with Gasteiger partial charge in [-0.3, -0.25) is 4.68 Å². The van der Waals surface area contributed by atoms with E-state index in [1.54, 1.807) is 16.9 Å². The van der Waals surface area contributed by atoms with E-state index in [-0.39, 0.29) is 5.82 Å². The molecule has 0 saturated heterocycles. The van der Waals surface area contributed by atoms with Gasteiger partial charge in [-0.15, -0.1) is 0 Å². The lowest BCUT2D eigenvalue weighted by Crippen LogP contribution is -2.21. The number of nitrogens with one attached hydrogen (secondary N) is 1. The molecule has 4 heteroatoms. The Balaban J connectivity index is 2.27. The second-order valence-electron chi connectivity index (χ2n) is 5.12. The fraction of sp³-hybridized carbons (Fsp3) is 0.400. The number of aromatic nitrogens is 2. The van der Waals surface area contributed by atoms with Crippen LogP contribution in [0.25, 0.3) is 11.1 Å². The largest absolute Gasteiger partial charge is 0.310 e. The van der Waals surface area contributed by atoms with Gasteiger partial charge in [0.05, 0.1) is 6.20 Å². The Bertz CT molecular complexity index is 573. The summed E-state index contributed by atoms with van der Waals surface area (Å²) in [6.07, 6.45) is 1.71. The molecule has 0 radical (unpaired) electrons. The van der Waals surface area contributed by atoms with E-state index in [0.717, 1.165) is 16.8 Å². The summed E-state index contributed by atoms with van der Waals surface area (Å²) in [5, 5.41) is 7.43. The summed E-state index contributed by atoms with van der Waals surface area (Å²) in [6.45, 7) is 6.77. The van der Waals surface area contributed by atoms with Crippen LogP contribution in [0.3, 0.4) is 0 Å². The molecule has 1 heterocycles. The average Bonchev–Trinajstić information content (AvgIpc) is 2.68. The van der Waals surface area contributed by atoms with Crippen molar-refractivity contribution >= 4 is 0 Å². The molecule has 1 N–H and O–H groups in total. The topological polar surface area (TPSA) is 29.9 Å². The maximum Gasteiger partial charge on any atom is 0.131 e. The van der Waals surface area contributed by atoms with Gasteiger partial charge in [-0.25, -0.2) is 4.39 Å². The average molecular weight is 261 g/mol. The van der Waals surface area contributed by atoms with Crippen molar-refractivity contribution < 1.29 is 4.39 Å². The van der Waals surface area contributed by atoms with Crippen molar-refractivity contribution in [2.24, 2.45) is 7.05 Å². The van der Waals surface area contributed by atoms with E-state index < -0.39 is 0 Å². The van der Waals surface area contributed by atoms with E-state index in [0.29, 0.717) is 18.2 Å². The number of hydrogen-bond donors (Lipinski definition) is 1. The van der Waals surface area contributed by atoms with Crippen molar-refractivity contribution in [1.82, 2.24) is 15.1 Å².